The molecule has 1 aliphatic carbocycles. The minimum absolute atomic E-state index is 0. The van der Waals surface area contributed by atoms with Crippen molar-refractivity contribution in [3.8, 4) is 0 Å². The molecule has 0 aromatic carbocycles. The van der Waals surface area contributed by atoms with E-state index in [0.717, 1.165) is 6.04 Å². The molecule has 0 bridgehead atoms. The van der Waals surface area contributed by atoms with E-state index in [9.17, 15) is 0 Å². The molecule has 1 saturated carbocycles. The van der Waals surface area contributed by atoms with Crippen molar-refractivity contribution in [2.75, 3.05) is 20.1 Å². The predicted octanol–water partition coefficient (Wildman–Crippen LogP) is 3.11. The lowest BCUT2D eigenvalue weighted by Gasteiger charge is -2.37. The van der Waals surface area contributed by atoms with Crippen LogP contribution in [0.25, 0.3) is 0 Å². The maximum atomic E-state index is 2.55. The van der Waals surface area contributed by atoms with Crippen molar-refractivity contribution >= 4 is 24.8 Å². The molecular weight excluding hydrogens is 231 g/mol. The molecular formula is C11H24Cl2N2. The SMILES string of the molecule is CN(C1CCCCC1)N1CCCC1.Cl.Cl. The smallest absolute Gasteiger partial charge is 0.0242 e. The lowest BCUT2D eigenvalue weighted by molar-refractivity contribution is -0.0290. The molecule has 0 N–H and O–H groups in total. The van der Waals surface area contributed by atoms with Gasteiger partial charge in [0.25, 0.3) is 0 Å². The third-order valence-corrected chi connectivity index (χ3v) is 3.63. The molecule has 4 heteroatoms. The maximum Gasteiger partial charge on any atom is 0.0242 e. The summed E-state index contributed by atoms with van der Waals surface area (Å²) in [5.74, 6) is 0. The molecule has 2 aliphatic rings. The van der Waals surface area contributed by atoms with Crippen molar-refractivity contribution in [1.29, 1.82) is 0 Å². The van der Waals surface area contributed by atoms with Gasteiger partial charge in [0.05, 0.1) is 0 Å². The van der Waals surface area contributed by atoms with Crippen LogP contribution in [0.5, 0.6) is 0 Å². The van der Waals surface area contributed by atoms with Crippen LogP contribution >= 0.6 is 24.8 Å². The molecule has 0 aromatic heterocycles. The van der Waals surface area contributed by atoms with Gasteiger partial charge in [0, 0.05) is 26.2 Å². The van der Waals surface area contributed by atoms with Gasteiger partial charge < -0.3 is 0 Å². The van der Waals surface area contributed by atoms with E-state index >= 15 is 0 Å². The second-order valence-electron chi connectivity index (χ2n) is 4.53. The Morgan fingerprint density at radius 3 is 1.93 bits per heavy atom. The molecule has 0 aromatic rings. The second kappa shape index (κ2) is 7.72. The van der Waals surface area contributed by atoms with E-state index in [1.54, 1.807) is 0 Å². The molecule has 2 rings (SSSR count). The zero-order valence-corrected chi connectivity index (χ0v) is 11.3. The van der Waals surface area contributed by atoms with Gasteiger partial charge in [-0.25, -0.2) is 10.0 Å². The van der Waals surface area contributed by atoms with Crippen molar-refractivity contribution < 1.29 is 0 Å². The summed E-state index contributed by atoms with van der Waals surface area (Å²) >= 11 is 0. The summed E-state index contributed by atoms with van der Waals surface area (Å²) in [5, 5.41) is 5.09. The fourth-order valence-corrected chi connectivity index (χ4v) is 2.70. The second-order valence-corrected chi connectivity index (χ2v) is 4.53. The van der Waals surface area contributed by atoms with E-state index < -0.39 is 0 Å². The first-order valence-corrected chi connectivity index (χ1v) is 5.85. The summed E-state index contributed by atoms with van der Waals surface area (Å²) in [7, 11) is 2.29. The van der Waals surface area contributed by atoms with Crippen molar-refractivity contribution in [3.63, 3.8) is 0 Å². The normalized spacial score (nSPS) is 23.6. The molecule has 1 heterocycles. The van der Waals surface area contributed by atoms with E-state index in [-0.39, 0.29) is 24.8 Å². The van der Waals surface area contributed by atoms with Crippen LogP contribution in [0.4, 0.5) is 0 Å². The van der Waals surface area contributed by atoms with Gasteiger partial charge in [-0.1, -0.05) is 19.3 Å². The molecule has 2 fully saturated rings. The summed E-state index contributed by atoms with van der Waals surface area (Å²) < 4.78 is 0. The first-order valence-electron chi connectivity index (χ1n) is 5.85. The van der Waals surface area contributed by atoms with Crippen LogP contribution in [0.15, 0.2) is 0 Å². The number of rotatable bonds is 2. The number of hydrogen-bond donors (Lipinski definition) is 0. The highest BCUT2D eigenvalue weighted by molar-refractivity contribution is 5.85. The highest BCUT2D eigenvalue weighted by Crippen LogP contribution is 2.24. The van der Waals surface area contributed by atoms with Gasteiger partial charge >= 0.3 is 0 Å². The summed E-state index contributed by atoms with van der Waals surface area (Å²) in [6, 6.07) is 0.854. The van der Waals surface area contributed by atoms with Crippen molar-refractivity contribution in [3.05, 3.63) is 0 Å². The molecule has 92 valence electrons. The molecule has 1 saturated heterocycles. The monoisotopic (exact) mass is 254 g/mol. The van der Waals surface area contributed by atoms with Gasteiger partial charge in [-0.05, 0) is 25.7 Å². The number of hydrazine groups is 1. The molecule has 2 nitrogen and oxygen atoms in total. The van der Waals surface area contributed by atoms with E-state index in [4.69, 9.17) is 0 Å². The molecule has 0 atom stereocenters. The molecule has 0 amide bonds. The average molecular weight is 255 g/mol. The van der Waals surface area contributed by atoms with Gasteiger partial charge in [-0.3, -0.25) is 0 Å². The standard InChI is InChI=1S/C11H22N2.2ClH/c1-12(13-9-5-6-10-13)11-7-3-2-4-8-11;;/h11H,2-10H2,1H3;2*1H. The molecule has 0 unspecified atom stereocenters. The molecule has 0 spiro atoms. The fraction of sp³-hybridized carbons (Fsp3) is 1.00. The Morgan fingerprint density at radius 2 is 1.40 bits per heavy atom. The van der Waals surface area contributed by atoms with Crippen molar-refractivity contribution in [1.82, 2.24) is 10.0 Å². The summed E-state index contributed by atoms with van der Waals surface area (Å²) in [6.45, 7) is 2.60. The summed E-state index contributed by atoms with van der Waals surface area (Å²) in [5.41, 5.74) is 0. The first-order chi connectivity index (χ1) is 6.38. The highest BCUT2D eigenvalue weighted by atomic mass is 35.5. The quantitative estimate of drug-likeness (QED) is 0.748. The highest BCUT2D eigenvalue weighted by Gasteiger charge is 2.24. The van der Waals surface area contributed by atoms with Gasteiger partial charge in [0.2, 0.25) is 0 Å². The fourth-order valence-electron chi connectivity index (χ4n) is 2.70. The Balaban J connectivity index is 0.000000980. The van der Waals surface area contributed by atoms with Crippen LogP contribution in [-0.2, 0) is 0 Å². The topological polar surface area (TPSA) is 6.48 Å². The Kier molecular flexibility index (Phi) is 7.98. The Morgan fingerprint density at radius 1 is 0.867 bits per heavy atom. The van der Waals surface area contributed by atoms with Crippen LogP contribution in [-0.4, -0.2) is 36.2 Å². The van der Waals surface area contributed by atoms with Crippen molar-refractivity contribution in [2.24, 2.45) is 0 Å². The van der Waals surface area contributed by atoms with Gasteiger partial charge in [0.15, 0.2) is 0 Å². The minimum atomic E-state index is 0. The molecule has 15 heavy (non-hydrogen) atoms. The largest absolute Gasteiger partial charge is 0.242 e. The Hall–Kier alpha value is 0.500. The molecule has 1 aliphatic heterocycles. The summed E-state index contributed by atoms with van der Waals surface area (Å²) in [6.07, 6.45) is 10.0. The van der Waals surface area contributed by atoms with Crippen LogP contribution in [0.3, 0.4) is 0 Å². The average Bonchev–Trinajstić information content (AvgIpc) is 2.71. The predicted molar refractivity (Wildman–Crippen MR) is 69.9 cm³/mol. The van der Waals surface area contributed by atoms with E-state index in [2.05, 4.69) is 17.1 Å². The number of halogens is 2. The van der Waals surface area contributed by atoms with Crippen LogP contribution < -0.4 is 0 Å². The van der Waals surface area contributed by atoms with Crippen LogP contribution in [0.1, 0.15) is 44.9 Å². The van der Waals surface area contributed by atoms with Gasteiger partial charge in [-0.2, -0.15) is 0 Å². The zero-order chi connectivity index (χ0) is 9.10. The van der Waals surface area contributed by atoms with E-state index in [1.807, 2.05) is 0 Å². The van der Waals surface area contributed by atoms with E-state index in [0.29, 0.717) is 0 Å². The number of hydrogen-bond acceptors (Lipinski definition) is 2. The van der Waals surface area contributed by atoms with Crippen molar-refractivity contribution in [2.45, 2.75) is 51.0 Å². The number of nitrogens with zero attached hydrogens (tertiary/aromatic N) is 2. The van der Waals surface area contributed by atoms with Gasteiger partial charge in [0.1, 0.15) is 0 Å². The molecule has 0 radical (unpaired) electrons. The Bertz CT molecular complexity index is 155. The van der Waals surface area contributed by atoms with Gasteiger partial charge in [-0.15, -0.1) is 24.8 Å². The Labute approximate surface area is 106 Å². The lowest BCUT2D eigenvalue weighted by atomic mass is 9.95. The lowest BCUT2D eigenvalue weighted by Crippen LogP contribution is -2.45. The summed E-state index contributed by atoms with van der Waals surface area (Å²) in [4.78, 5) is 0. The third kappa shape index (κ3) is 4.10. The first kappa shape index (κ1) is 15.5. The minimum Gasteiger partial charge on any atom is -0.242 e. The zero-order valence-electron chi connectivity index (χ0n) is 9.65. The maximum absolute atomic E-state index is 2.55. The van der Waals surface area contributed by atoms with E-state index in [1.165, 1.54) is 58.0 Å². The van der Waals surface area contributed by atoms with Crippen LogP contribution in [0, 0.1) is 0 Å². The third-order valence-electron chi connectivity index (χ3n) is 3.63. The van der Waals surface area contributed by atoms with Crippen LogP contribution in [0.2, 0.25) is 0 Å².